The van der Waals surface area contributed by atoms with Gasteiger partial charge in [0, 0.05) is 52.0 Å². The highest BCUT2D eigenvalue weighted by atomic mass is 16.3. The van der Waals surface area contributed by atoms with Gasteiger partial charge in [0.1, 0.15) is 17.5 Å². The van der Waals surface area contributed by atoms with Gasteiger partial charge in [-0.3, -0.25) is 0 Å². The molecule has 3 heterocycles. The van der Waals surface area contributed by atoms with Crippen LogP contribution in [0.25, 0.3) is 17.0 Å². The zero-order chi connectivity index (χ0) is 31.8. The first-order valence-electron chi connectivity index (χ1n) is 19.2. The number of benzene rings is 3. The number of nitrogens with zero attached hydrogens (tertiary/aromatic N) is 2. The number of furan rings is 1. The van der Waals surface area contributed by atoms with Crippen LogP contribution in [0.5, 0.6) is 0 Å². The van der Waals surface area contributed by atoms with E-state index in [9.17, 15) is 0 Å². The van der Waals surface area contributed by atoms with Crippen LogP contribution in [0.4, 0.5) is 11.4 Å². The normalized spacial score (nSPS) is 29.2. The summed E-state index contributed by atoms with van der Waals surface area (Å²) in [5.41, 5.74) is 19.4. The third-order valence-corrected chi connectivity index (χ3v) is 13.1. The van der Waals surface area contributed by atoms with E-state index in [0.29, 0.717) is 12.0 Å². The molecule has 6 unspecified atom stereocenters. The third kappa shape index (κ3) is 4.73. The fourth-order valence-electron chi connectivity index (χ4n) is 10.8. The average molecular weight is 636 g/mol. The lowest BCUT2D eigenvalue weighted by Crippen LogP contribution is -2.40. The molecular formula is C44H49N3O. The fraction of sp³-hybridized carbons (Fsp3) is 0.455. The number of allylic oxidation sites excluding steroid dienone is 1. The van der Waals surface area contributed by atoms with Gasteiger partial charge in [0.05, 0.1) is 6.04 Å². The van der Waals surface area contributed by atoms with E-state index in [1.165, 1.54) is 122 Å². The van der Waals surface area contributed by atoms with Crippen molar-refractivity contribution in [3.63, 3.8) is 0 Å². The first kappa shape index (κ1) is 29.2. The van der Waals surface area contributed by atoms with Gasteiger partial charge in [-0.25, -0.2) is 0 Å². The Kier molecular flexibility index (Phi) is 7.11. The molecule has 1 aromatic heterocycles. The van der Waals surface area contributed by atoms with Crippen molar-refractivity contribution in [2.75, 3.05) is 4.90 Å². The predicted octanol–water partition coefficient (Wildman–Crippen LogP) is 10.7. The van der Waals surface area contributed by atoms with E-state index in [1.807, 2.05) is 0 Å². The number of anilines is 2. The first-order valence-corrected chi connectivity index (χ1v) is 19.2. The van der Waals surface area contributed by atoms with Crippen molar-refractivity contribution >= 4 is 28.4 Å². The lowest BCUT2D eigenvalue weighted by atomic mass is 9.65. The summed E-state index contributed by atoms with van der Waals surface area (Å²) in [5.74, 6) is 3.63. The van der Waals surface area contributed by atoms with Crippen LogP contribution < -0.4 is 10.6 Å². The smallest absolute Gasteiger partial charge is 0.141 e. The summed E-state index contributed by atoms with van der Waals surface area (Å²) in [6, 6.07) is 26.1. The van der Waals surface area contributed by atoms with E-state index in [-0.39, 0.29) is 12.2 Å². The quantitative estimate of drug-likeness (QED) is 0.175. The second-order valence-corrected chi connectivity index (χ2v) is 15.8. The Morgan fingerprint density at radius 3 is 2.54 bits per heavy atom. The van der Waals surface area contributed by atoms with Crippen LogP contribution in [0, 0.1) is 11.8 Å². The topological polar surface area (TPSA) is 45.4 Å². The molecule has 0 bridgehead atoms. The fourth-order valence-corrected chi connectivity index (χ4v) is 10.8. The lowest BCUT2D eigenvalue weighted by molar-refractivity contribution is 0.145. The number of fused-ring (bicyclic) bond motifs is 7. The Balaban J connectivity index is 1.000. The number of hydrogen-bond donors (Lipinski definition) is 1. The van der Waals surface area contributed by atoms with Crippen molar-refractivity contribution in [2.45, 2.75) is 114 Å². The van der Waals surface area contributed by atoms with Crippen molar-refractivity contribution in [1.82, 2.24) is 4.90 Å². The summed E-state index contributed by atoms with van der Waals surface area (Å²) < 4.78 is 6.57. The van der Waals surface area contributed by atoms with Crippen molar-refractivity contribution in [3.05, 3.63) is 112 Å². The molecule has 48 heavy (non-hydrogen) atoms. The van der Waals surface area contributed by atoms with Gasteiger partial charge < -0.3 is 20.0 Å². The van der Waals surface area contributed by atoms with Crippen LogP contribution in [-0.2, 0) is 12.8 Å². The zero-order valence-corrected chi connectivity index (χ0v) is 28.2. The standard InChI is InChI=1S/C44H49N3O/c45-44(32-17-10-18-33(24-32)46-38-22-8-6-19-34(38)37-25-29-14-4-5-15-30(29)26-39(37)46)47-40(42(47)28-12-2-1-3-13-28)27-31-16-11-21-36-35-20-7-9-23-41(35)48-43(31)36/h6,8,10-12,16-19,21-22,24,27,29-30,37,39,42,44H,1-5,7,9,13-15,20,23,25-26,45H2/b40-27+. The van der Waals surface area contributed by atoms with Gasteiger partial charge in [0.25, 0.3) is 0 Å². The molecule has 3 fully saturated rings. The number of nitrogens with two attached hydrogens (primary N) is 1. The van der Waals surface area contributed by atoms with E-state index in [2.05, 4.69) is 88.7 Å². The van der Waals surface area contributed by atoms with Gasteiger partial charge >= 0.3 is 0 Å². The minimum Gasteiger partial charge on any atom is -0.460 e. The van der Waals surface area contributed by atoms with Crippen LogP contribution >= 0.6 is 0 Å². The highest BCUT2D eigenvalue weighted by molar-refractivity contribution is 5.90. The summed E-state index contributed by atoms with van der Waals surface area (Å²) >= 11 is 0. The van der Waals surface area contributed by atoms with Crippen LogP contribution in [0.3, 0.4) is 0 Å². The molecule has 4 heteroatoms. The monoisotopic (exact) mass is 635 g/mol. The number of aryl methyl sites for hydroxylation is 2. The van der Waals surface area contributed by atoms with Crippen LogP contribution in [-0.4, -0.2) is 17.0 Å². The summed E-state index contributed by atoms with van der Waals surface area (Å²) in [4.78, 5) is 5.20. The summed E-state index contributed by atoms with van der Waals surface area (Å²) in [5, 5.41) is 1.31. The van der Waals surface area contributed by atoms with Crippen LogP contribution in [0.1, 0.15) is 117 Å². The van der Waals surface area contributed by atoms with Gasteiger partial charge in [-0.2, -0.15) is 0 Å². The van der Waals surface area contributed by atoms with Crippen molar-refractivity contribution in [3.8, 4) is 0 Å². The van der Waals surface area contributed by atoms with Crippen LogP contribution in [0.15, 0.2) is 88.5 Å². The molecule has 6 aliphatic rings. The molecule has 246 valence electrons. The van der Waals surface area contributed by atoms with E-state index in [1.54, 1.807) is 11.1 Å². The van der Waals surface area contributed by atoms with Gasteiger partial charge in [-0.05, 0) is 111 Å². The number of para-hydroxylation sites is 2. The molecule has 3 aromatic carbocycles. The molecule has 2 N–H and O–H groups in total. The molecule has 4 nitrogen and oxygen atoms in total. The van der Waals surface area contributed by atoms with Crippen molar-refractivity contribution in [2.24, 2.45) is 17.6 Å². The van der Waals surface area contributed by atoms with E-state index < -0.39 is 0 Å². The molecular weight excluding hydrogens is 587 g/mol. The second kappa shape index (κ2) is 11.7. The van der Waals surface area contributed by atoms with Crippen molar-refractivity contribution < 1.29 is 4.42 Å². The Bertz CT molecular complexity index is 1930. The molecule has 2 saturated carbocycles. The highest BCUT2D eigenvalue weighted by Gasteiger charge is 2.48. The number of rotatable bonds is 5. The highest BCUT2D eigenvalue weighted by Crippen LogP contribution is 2.56. The Hall–Kier alpha value is -3.76. The molecule has 2 aliphatic heterocycles. The second-order valence-electron chi connectivity index (χ2n) is 15.8. The Morgan fingerprint density at radius 1 is 0.812 bits per heavy atom. The SMILES string of the molecule is NC(c1cccc(N2c3ccccc3C3CC4CCCCC4CC32)c1)N1/C(=C/c2cccc3c4c(oc23)CCCC4)C1C1=CCCCC1. The molecule has 4 aliphatic carbocycles. The first-order chi connectivity index (χ1) is 23.7. The predicted molar refractivity (Wildman–Crippen MR) is 196 cm³/mol. The maximum absolute atomic E-state index is 7.33. The third-order valence-electron chi connectivity index (χ3n) is 13.1. The summed E-state index contributed by atoms with van der Waals surface area (Å²) in [7, 11) is 0. The molecule has 0 radical (unpaired) electrons. The number of hydrogen-bond acceptors (Lipinski definition) is 4. The minimum absolute atomic E-state index is 0.198. The molecule has 0 spiro atoms. The van der Waals surface area contributed by atoms with Crippen molar-refractivity contribution in [1.29, 1.82) is 0 Å². The Labute approximate surface area is 285 Å². The van der Waals surface area contributed by atoms with E-state index >= 15 is 0 Å². The Morgan fingerprint density at radius 2 is 1.65 bits per heavy atom. The van der Waals surface area contributed by atoms with Gasteiger partial charge in [0.15, 0.2) is 0 Å². The average Bonchev–Trinajstić information content (AvgIpc) is 3.57. The molecule has 1 saturated heterocycles. The molecule has 0 amide bonds. The van der Waals surface area contributed by atoms with Gasteiger partial charge in [0.2, 0.25) is 0 Å². The summed E-state index contributed by atoms with van der Waals surface area (Å²) in [6.45, 7) is 0. The van der Waals surface area contributed by atoms with E-state index in [4.69, 9.17) is 10.2 Å². The van der Waals surface area contributed by atoms with Crippen LogP contribution in [0.2, 0.25) is 0 Å². The zero-order valence-electron chi connectivity index (χ0n) is 28.2. The minimum atomic E-state index is -0.198. The maximum atomic E-state index is 7.33. The van der Waals surface area contributed by atoms with E-state index in [0.717, 1.165) is 30.3 Å². The maximum Gasteiger partial charge on any atom is 0.141 e. The molecule has 10 rings (SSSR count). The largest absolute Gasteiger partial charge is 0.460 e. The lowest BCUT2D eigenvalue weighted by Gasteiger charge is -2.44. The molecule has 4 aromatic rings. The summed E-state index contributed by atoms with van der Waals surface area (Å²) in [6.07, 6.45) is 22.6. The van der Waals surface area contributed by atoms with Gasteiger partial charge in [-0.15, -0.1) is 0 Å². The van der Waals surface area contributed by atoms with Gasteiger partial charge in [-0.1, -0.05) is 80.3 Å². The molecule has 6 atom stereocenters.